The number of ether oxygens (including phenoxy) is 1. The van der Waals surface area contributed by atoms with E-state index < -0.39 is 5.92 Å². The molecule has 0 bridgehead atoms. The van der Waals surface area contributed by atoms with Crippen LogP contribution in [0.15, 0.2) is 18.2 Å². The van der Waals surface area contributed by atoms with Crippen molar-refractivity contribution in [3.8, 4) is 5.75 Å². The van der Waals surface area contributed by atoms with Crippen LogP contribution in [0.1, 0.15) is 25.3 Å². The molecule has 0 saturated heterocycles. The highest BCUT2D eigenvalue weighted by atomic mass is 19.3. The second-order valence-electron chi connectivity index (χ2n) is 4.90. The van der Waals surface area contributed by atoms with E-state index in [1.807, 2.05) is 18.2 Å². The van der Waals surface area contributed by atoms with Crippen LogP contribution >= 0.6 is 0 Å². The summed E-state index contributed by atoms with van der Waals surface area (Å²) in [5.41, 5.74) is 2.08. The zero-order valence-corrected chi connectivity index (χ0v) is 10.8. The Bertz CT molecular complexity index is 412. The summed E-state index contributed by atoms with van der Waals surface area (Å²) in [6.07, 6.45) is 0.941. The highest BCUT2D eigenvalue weighted by Crippen LogP contribution is 2.42. The number of methoxy groups -OCH3 is 1. The molecule has 1 aliphatic carbocycles. The fourth-order valence-corrected chi connectivity index (χ4v) is 2.29. The van der Waals surface area contributed by atoms with Gasteiger partial charge in [0, 0.05) is 19.4 Å². The smallest absolute Gasteiger partial charge is 0.248 e. The number of rotatable bonds is 5. The van der Waals surface area contributed by atoms with Crippen LogP contribution in [0.5, 0.6) is 5.75 Å². The van der Waals surface area contributed by atoms with Gasteiger partial charge < -0.3 is 10.1 Å². The average molecular weight is 255 g/mol. The summed E-state index contributed by atoms with van der Waals surface area (Å²) in [6.45, 7) is 2.66. The van der Waals surface area contributed by atoms with Crippen molar-refractivity contribution in [2.24, 2.45) is 5.92 Å². The number of halogens is 2. The van der Waals surface area contributed by atoms with Crippen LogP contribution in [0.25, 0.3) is 0 Å². The van der Waals surface area contributed by atoms with Crippen molar-refractivity contribution < 1.29 is 13.5 Å². The number of alkyl halides is 2. The molecular weight excluding hydrogens is 236 g/mol. The molecule has 0 radical (unpaired) electrons. The Morgan fingerprint density at radius 2 is 2.11 bits per heavy atom. The van der Waals surface area contributed by atoms with Crippen LogP contribution < -0.4 is 10.1 Å². The Balaban J connectivity index is 1.93. The van der Waals surface area contributed by atoms with Crippen LogP contribution in [0.2, 0.25) is 0 Å². The molecule has 2 rings (SSSR count). The van der Waals surface area contributed by atoms with Crippen LogP contribution in [-0.2, 0) is 6.42 Å². The molecule has 0 unspecified atom stereocenters. The highest BCUT2D eigenvalue weighted by molar-refractivity contribution is 5.57. The molecule has 0 heterocycles. The maximum Gasteiger partial charge on any atom is 0.248 e. The Morgan fingerprint density at radius 1 is 1.39 bits per heavy atom. The van der Waals surface area contributed by atoms with Gasteiger partial charge in [-0.05, 0) is 30.0 Å². The second kappa shape index (κ2) is 5.12. The molecule has 0 atom stereocenters. The van der Waals surface area contributed by atoms with E-state index in [1.54, 1.807) is 7.11 Å². The Morgan fingerprint density at radius 3 is 2.67 bits per heavy atom. The fraction of sp³-hybridized carbons (Fsp3) is 0.571. The predicted octanol–water partition coefficient (Wildman–Crippen LogP) is 3.71. The van der Waals surface area contributed by atoms with E-state index in [4.69, 9.17) is 4.74 Å². The van der Waals surface area contributed by atoms with E-state index in [0.717, 1.165) is 17.9 Å². The number of hydrogen-bond acceptors (Lipinski definition) is 2. The Labute approximate surface area is 106 Å². The fourth-order valence-electron chi connectivity index (χ4n) is 2.29. The molecule has 0 spiro atoms. The minimum atomic E-state index is -2.44. The second-order valence-corrected chi connectivity index (χ2v) is 4.90. The third-order valence-electron chi connectivity index (χ3n) is 3.43. The topological polar surface area (TPSA) is 21.3 Å². The van der Waals surface area contributed by atoms with Crippen molar-refractivity contribution in [3.63, 3.8) is 0 Å². The van der Waals surface area contributed by atoms with Crippen molar-refractivity contribution >= 4 is 5.69 Å². The minimum Gasteiger partial charge on any atom is -0.495 e. The molecule has 1 aromatic carbocycles. The van der Waals surface area contributed by atoms with E-state index in [0.29, 0.717) is 6.54 Å². The van der Waals surface area contributed by atoms with Gasteiger partial charge in [-0.2, -0.15) is 0 Å². The van der Waals surface area contributed by atoms with Crippen LogP contribution in [0.4, 0.5) is 14.5 Å². The molecule has 0 aromatic heterocycles. The monoisotopic (exact) mass is 255 g/mol. The third kappa shape index (κ3) is 2.92. The molecule has 18 heavy (non-hydrogen) atoms. The van der Waals surface area contributed by atoms with Crippen LogP contribution in [-0.4, -0.2) is 19.6 Å². The lowest BCUT2D eigenvalue weighted by Crippen LogP contribution is -2.39. The molecule has 1 fully saturated rings. The zero-order valence-electron chi connectivity index (χ0n) is 10.8. The van der Waals surface area contributed by atoms with Gasteiger partial charge >= 0.3 is 0 Å². The molecule has 4 heteroatoms. The lowest BCUT2D eigenvalue weighted by molar-refractivity contribution is -0.106. The maximum absolute atomic E-state index is 12.7. The highest BCUT2D eigenvalue weighted by Gasteiger charge is 2.44. The molecule has 0 aliphatic heterocycles. The SMILES string of the molecule is CCc1ccc(NCC2CC(F)(F)C2)c(OC)c1. The largest absolute Gasteiger partial charge is 0.495 e. The first kappa shape index (κ1) is 13.1. The predicted molar refractivity (Wildman–Crippen MR) is 68.5 cm³/mol. The lowest BCUT2D eigenvalue weighted by atomic mass is 9.81. The van der Waals surface area contributed by atoms with Crippen molar-refractivity contribution in [1.29, 1.82) is 0 Å². The van der Waals surface area contributed by atoms with Crippen LogP contribution in [0, 0.1) is 5.92 Å². The first-order chi connectivity index (χ1) is 8.54. The number of benzene rings is 1. The molecule has 1 aromatic rings. The number of nitrogens with one attached hydrogen (secondary N) is 1. The summed E-state index contributed by atoms with van der Waals surface area (Å²) in [5.74, 6) is -1.60. The summed E-state index contributed by atoms with van der Waals surface area (Å²) < 4.78 is 30.7. The average Bonchev–Trinajstić information content (AvgIpc) is 2.33. The van der Waals surface area contributed by atoms with Crippen molar-refractivity contribution in [3.05, 3.63) is 23.8 Å². The molecule has 1 saturated carbocycles. The van der Waals surface area contributed by atoms with Gasteiger partial charge in [0.15, 0.2) is 0 Å². The number of aryl methyl sites for hydroxylation is 1. The van der Waals surface area contributed by atoms with Gasteiger partial charge in [-0.3, -0.25) is 0 Å². The van der Waals surface area contributed by atoms with Crippen molar-refractivity contribution in [1.82, 2.24) is 0 Å². The van der Waals surface area contributed by atoms with Gasteiger partial charge in [0.2, 0.25) is 5.92 Å². The summed E-state index contributed by atoms with van der Waals surface area (Å²) in [6, 6.07) is 5.96. The van der Waals surface area contributed by atoms with E-state index in [1.165, 1.54) is 5.56 Å². The summed E-state index contributed by atoms with van der Waals surface area (Å²) >= 11 is 0. The van der Waals surface area contributed by atoms with Gasteiger partial charge in [-0.15, -0.1) is 0 Å². The van der Waals surface area contributed by atoms with Gasteiger partial charge in [0.05, 0.1) is 12.8 Å². The minimum absolute atomic E-state index is 0.00460. The van der Waals surface area contributed by atoms with Gasteiger partial charge in [0.25, 0.3) is 0 Å². The normalized spacial score (nSPS) is 18.2. The molecule has 1 N–H and O–H groups in total. The van der Waals surface area contributed by atoms with E-state index in [2.05, 4.69) is 12.2 Å². The van der Waals surface area contributed by atoms with Crippen molar-refractivity contribution in [2.75, 3.05) is 19.0 Å². The first-order valence-electron chi connectivity index (χ1n) is 6.32. The van der Waals surface area contributed by atoms with E-state index in [9.17, 15) is 8.78 Å². The maximum atomic E-state index is 12.7. The lowest BCUT2D eigenvalue weighted by Gasteiger charge is -2.35. The standard InChI is InChI=1S/C14H19F2NO/c1-3-10-4-5-12(13(6-10)18-2)17-9-11-7-14(15,16)8-11/h4-6,11,17H,3,7-9H2,1-2H3. The molecule has 0 amide bonds. The summed E-state index contributed by atoms with van der Waals surface area (Å²) in [5, 5.41) is 3.20. The van der Waals surface area contributed by atoms with Crippen molar-refractivity contribution in [2.45, 2.75) is 32.1 Å². The zero-order chi connectivity index (χ0) is 13.2. The van der Waals surface area contributed by atoms with Gasteiger partial charge in [0.1, 0.15) is 5.75 Å². The summed E-state index contributed by atoms with van der Waals surface area (Å²) in [4.78, 5) is 0. The van der Waals surface area contributed by atoms with Gasteiger partial charge in [-0.1, -0.05) is 13.0 Å². The molecular formula is C14H19F2NO. The molecule has 1 aliphatic rings. The molecule has 2 nitrogen and oxygen atoms in total. The van der Waals surface area contributed by atoms with Crippen LogP contribution in [0.3, 0.4) is 0 Å². The molecule has 100 valence electrons. The van der Waals surface area contributed by atoms with Gasteiger partial charge in [-0.25, -0.2) is 8.78 Å². The third-order valence-corrected chi connectivity index (χ3v) is 3.43. The Hall–Kier alpha value is -1.32. The summed E-state index contributed by atoms with van der Waals surface area (Å²) in [7, 11) is 1.62. The van der Waals surface area contributed by atoms with E-state index >= 15 is 0 Å². The Kier molecular flexibility index (Phi) is 3.73. The number of hydrogen-bond donors (Lipinski definition) is 1. The number of anilines is 1. The van der Waals surface area contributed by atoms with E-state index in [-0.39, 0.29) is 18.8 Å². The quantitative estimate of drug-likeness (QED) is 0.866. The first-order valence-corrected chi connectivity index (χ1v) is 6.32.